The molecule has 3 heteroatoms. The summed E-state index contributed by atoms with van der Waals surface area (Å²) in [6, 6.07) is 3.98. The number of nitrogens with zero attached hydrogens (tertiary/aromatic N) is 2. The van der Waals surface area contributed by atoms with E-state index >= 15 is 0 Å². The topological polar surface area (TPSA) is 33.2 Å². The number of pyridine rings is 1. The number of anilines is 1. The van der Waals surface area contributed by atoms with Gasteiger partial charge in [-0.05, 0) is 31.4 Å². The Morgan fingerprint density at radius 1 is 1.36 bits per heavy atom. The van der Waals surface area contributed by atoms with Gasteiger partial charge < -0.3 is 9.69 Å². The van der Waals surface area contributed by atoms with Gasteiger partial charge in [0.05, 0.1) is 6.04 Å². The molecule has 0 saturated carbocycles. The highest BCUT2D eigenvalue weighted by atomic mass is 16.1. The standard InChI is InChI=1S/C11H14N2O/c14-9-11-3-1-2-8-13(11)10-4-6-12-7-5-10/h4-7,9,11H,1-3,8H2. The number of hydrogen-bond donors (Lipinski definition) is 0. The molecule has 1 atom stereocenters. The zero-order chi connectivity index (χ0) is 9.80. The first kappa shape index (κ1) is 9.19. The molecular formula is C11H14N2O. The van der Waals surface area contributed by atoms with Crippen molar-refractivity contribution in [3.05, 3.63) is 24.5 Å². The van der Waals surface area contributed by atoms with Crippen LogP contribution >= 0.6 is 0 Å². The Hall–Kier alpha value is -1.38. The summed E-state index contributed by atoms with van der Waals surface area (Å²) in [4.78, 5) is 17.0. The highest BCUT2D eigenvalue weighted by Crippen LogP contribution is 2.22. The van der Waals surface area contributed by atoms with Gasteiger partial charge in [-0.3, -0.25) is 4.98 Å². The summed E-state index contributed by atoms with van der Waals surface area (Å²) in [6.45, 7) is 0.980. The second-order valence-corrected chi connectivity index (χ2v) is 3.60. The van der Waals surface area contributed by atoms with Crippen LogP contribution in [0.25, 0.3) is 0 Å². The molecule has 74 valence electrons. The van der Waals surface area contributed by atoms with Crippen LogP contribution in [0.5, 0.6) is 0 Å². The van der Waals surface area contributed by atoms with Crippen LogP contribution in [0, 0.1) is 0 Å². The van der Waals surface area contributed by atoms with Gasteiger partial charge in [-0.15, -0.1) is 0 Å². The van der Waals surface area contributed by atoms with Crippen LogP contribution in [0.2, 0.25) is 0 Å². The maximum Gasteiger partial charge on any atom is 0.142 e. The molecule has 3 nitrogen and oxygen atoms in total. The van der Waals surface area contributed by atoms with E-state index in [0.717, 1.165) is 31.4 Å². The molecule has 0 radical (unpaired) electrons. The van der Waals surface area contributed by atoms with Gasteiger partial charge in [-0.2, -0.15) is 0 Å². The predicted molar refractivity (Wildman–Crippen MR) is 55.3 cm³/mol. The maximum absolute atomic E-state index is 10.9. The normalized spacial score (nSPS) is 22.0. The third kappa shape index (κ3) is 1.76. The number of hydrogen-bond acceptors (Lipinski definition) is 3. The van der Waals surface area contributed by atoms with Crippen molar-refractivity contribution < 1.29 is 4.79 Å². The van der Waals surface area contributed by atoms with Crippen molar-refractivity contribution in [3.8, 4) is 0 Å². The molecular weight excluding hydrogens is 176 g/mol. The minimum atomic E-state index is 0.0613. The van der Waals surface area contributed by atoms with Crippen LogP contribution in [0.3, 0.4) is 0 Å². The van der Waals surface area contributed by atoms with Crippen LogP contribution in [-0.2, 0) is 4.79 Å². The lowest BCUT2D eigenvalue weighted by Crippen LogP contribution is -2.40. The van der Waals surface area contributed by atoms with E-state index < -0.39 is 0 Å². The van der Waals surface area contributed by atoms with Crippen LogP contribution in [0.4, 0.5) is 5.69 Å². The van der Waals surface area contributed by atoms with Crippen molar-refractivity contribution in [1.82, 2.24) is 4.98 Å². The summed E-state index contributed by atoms with van der Waals surface area (Å²) >= 11 is 0. The van der Waals surface area contributed by atoms with Gasteiger partial charge in [0, 0.05) is 24.6 Å². The van der Waals surface area contributed by atoms with Crippen molar-refractivity contribution in [1.29, 1.82) is 0 Å². The van der Waals surface area contributed by atoms with Crippen molar-refractivity contribution in [2.45, 2.75) is 25.3 Å². The van der Waals surface area contributed by atoms with Crippen LogP contribution in [0.15, 0.2) is 24.5 Å². The van der Waals surface area contributed by atoms with Crippen LogP contribution in [-0.4, -0.2) is 23.9 Å². The summed E-state index contributed by atoms with van der Waals surface area (Å²) in [7, 11) is 0. The number of carbonyl (C=O) groups excluding carboxylic acids is 1. The van der Waals surface area contributed by atoms with E-state index in [1.807, 2.05) is 12.1 Å². The quantitative estimate of drug-likeness (QED) is 0.665. The monoisotopic (exact) mass is 190 g/mol. The third-order valence-corrected chi connectivity index (χ3v) is 2.70. The molecule has 0 aromatic carbocycles. The Balaban J connectivity index is 2.19. The molecule has 1 aromatic rings. The van der Waals surface area contributed by atoms with Gasteiger partial charge in [0.25, 0.3) is 0 Å². The SMILES string of the molecule is O=CC1CCCCN1c1ccncc1. The molecule has 1 aliphatic heterocycles. The minimum absolute atomic E-state index is 0.0613. The molecule has 0 N–H and O–H groups in total. The molecule has 1 fully saturated rings. The zero-order valence-electron chi connectivity index (χ0n) is 8.10. The van der Waals surface area contributed by atoms with Crippen molar-refractivity contribution in [3.63, 3.8) is 0 Å². The lowest BCUT2D eigenvalue weighted by Gasteiger charge is -2.34. The Morgan fingerprint density at radius 3 is 2.86 bits per heavy atom. The Morgan fingerprint density at radius 2 is 2.14 bits per heavy atom. The first-order chi connectivity index (χ1) is 6.92. The third-order valence-electron chi connectivity index (χ3n) is 2.70. The predicted octanol–water partition coefficient (Wildman–Crippen LogP) is 1.64. The fraction of sp³-hybridized carbons (Fsp3) is 0.455. The van der Waals surface area contributed by atoms with Gasteiger partial charge in [0.2, 0.25) is 0 Å². The second kappa shape index (κ2) is 4.22. The molecule has 0 spiro atoms. The van der Waals surface area contributed by atoms with Gasteiger partial charge in [0.1, 0.15) is 6.29 Å². The van der Waals surface area contributed by atoms with Crippen molar-refractivity contribution in [2.24, 2.45) is 0 Å². The second-order valence-electron chi connectivity index (χ2n) is 3.60. The molecule has 2 heterocycles. The van der Waals surface area contributed by atoms with E-state index in [4.69, 9.17) is 0 Å². The molecule has 0 amide bonds. The number of aromatic nitrogens is 1. The molecule has 2 rings (SSSR count). The average molecular weight is 190 g/mol. The summed E-state index contributed by atoms with van der Waals surface area (Å²) < 4.78 is 0. The fourth-order valence-corrected chi connectivity index (χ4v) is 1.95. The van der Waals surface area contributed by atoms with Crippen molar-refractivity contribution in [2.75, 3.05) is 11.4 Å². The highest BCUT2D eigenvalue weighted by molar-refractivity contribution is 5.66. The Bertz CT molecular complexity index is 299. The van der Waals surface area contributed by atoms with E-state index in [9.17, 15) is 4.79 Å². The average Bonchev–Trinajstić information content (AvgIpc) is 2.30. The van der Waals surface area contributed by atoms with E-state index in [-0.39, 0.29) is 6.04 Å². The molecule has 0 aliphatic carbocycles. The molecule has 1 aliphatic rings. The van der Waals surface area contributed by atoms with E-state index in [2.05, 4.69) is 9.88 Å². The summed E-state index contributed by atoms with van der Waals surface area (Å²) in [6.07, 6.45) is 7.90. The number of aldehydes is 1. The molecule has 1 unspecified atom stereocenters. The minimum Gasteiger partial charge on any atom is -0.362 e. The Labute approximate surface area is 83.8 Å². The summed E-state index contributed by atoms with van der Waals surface area (Å²) in [5.74, 6) is 0. The number of rotatable bonds is 2. The van der Waals surface area contributed by atoms with Gasteiger partial charge in [0.15, 0.2) is 0 Å². The summed E-state index contributed by atoms with van der Waals surface area (Å²) in [5, 5.41) is 0. The van der Waals surface area contributed by atoms with E-state index in [1.165, 1.54) is 6.42 Å². The van der Waals surface area contributed by atoms with Crippen LogP contribution < -0.4 is 4.90 Å². The first-order valence-corrected chi connectivity index (χ1v) is 5.04. The molecule has 0 bridgehead atoms. The van der Waals surface area contributed by atoms with Crippen molar-refractivity contribution >= 4 is 12.0 Å². The molecule has 1 saturated heterocycles. The smallest absolute Gasteiger partial charge is 0.142 e. The number of carbonyl (C=O) groups is 1. The largest absolute Gasteiger partial charge is 0.362 e. The highest BCUT2D eigenvalue weighted by Gasteiger charge is 2.21. The van der Waals surface area contributed by atoms with E-state index in [1.54, 1.807) is 12.4 Å². The fourth-order valence-electron chi connectivity index (χ4n) is 1.95. The summed E-state index contributed by atoms with van der Waals surface area (Å²) in [5.41, 5.74) is 1.11. The zero-order valence-corrected chi connectivity index (χ0v) is 8.10. The van der Waals surface area contributed by atoms with Gasteiger partial charge in [-0.1, -0.05) is 0 Å². The maximum atomic E-state index is 10.9. The number of piperidine rings is 1. The molecule has 1 aromatic heterocycles. The lowest BCUT2D eigenvalue weighted by atomic mass is 10.0. The first-order valence-electron chi connectivity index (χ1n) is 5.04. The van der Waals surface area contributed by atoms with Gasteiger partial charge >= 0.3 is 0 Å². The van der Waals surface area contributed by atoms with Gasteiger partial charge in [-0.25, -0.2) is 0 Å². The molecule has 14 heavy (non-hydrogen) atoms. The van der Waals surface area contributed by atoms with E-state index in [0.29, 0.717) is 0 Å². The Kier molecular flexibility index (Phi) is 2.77. The van der Waals surface area contributed by atoms with Crippen LogP contribution in [0.1, 0.15) is 19.3 Å². The lowest BCUT2D eigenvalue weighted by molar-refractivity contribution is -0.109.